The molecular formula is C17H21NO. The van der Waals surface area contributed by atoms with Crippen molar-refractivity contribution in [1.29, 1.82) is 0 Å². The summed E-state index contributed by atoms with van der Waals surface area (Å²) in [7, 11) is 0. The standard InChI is InChI=1S/C17H21NO/c1-12(2)14-5-6-17(16(11-14)13(3)4)19-15-7-9-18-10-8-15/h5-13H,1-4H3. The molecule has 1 aromatic heterocycles. The van der Waals surface area contributed by atoms with Crippen LogP contribution in [0.2, 0.25) is 0 Å². The summed E-state index contributed by atoms with van der Waals surface area (Å²) in [5, 5.41) is 0. The molecule has 1 heterocycles. The first kappa shape index (κ1) is 13.6. The van der Waals surface area contributed by atoms with E-state index >= 15 is 0 Å². The quantitative estimate of drug-likeness (QED) is 0.756. The maximum atomic E-state index is 5.97. The molecule has 0 aliphatic heterocycles. The van der Waals surface area contributed by atoms with Crippen molar-refractivity contribution in [2.75, 3.05) is 0 Å². The third kappa shape index (κ3) is 3.34. The van der Waals surface area contributed by atoms with Gasteiger partial charge < -0.3 is 4.74 Å². The highest BCUT2D eigenvalue weighted by atomic mass is 16.5. The Hall–Kier alpha value is -1.83. The fraction of sp³-hybridized carbons (Fsp3) is 0.353. The Morgan fingerprint density at radius 3 is 2.16 bits per heavy atom. The molecule has 0 aliphatic rings. The number of aromatic nitrogens is 1. The van der Waals surface area contributed by atoms with Crippen molar-refractivity contribution in [1.82, 2.24) is 4.98 Å². The van der Waals surface area contributed by atoms with Gasteiger partial charge in [0.05, 0.1) is 0 Å². The molecule has 0 unspecified atom stereocenters. The lowest BCUT2D eigenvalue weighted by atomic mass is 9.95. The van der Waals surface area contributed by atoms with Crippen LogP contribution in [0.4, 0.5) is 0 Å². The van der Waals surface area contributed by atoms with Crippen molar-refractivity contribution in [2.24, 2.45) is 0 Å². The largest absolute Gasteiger partial charge is 0.457 e. The average molecular weight is 255 g/mol. The van der Waals surface area contributed by atoms with E-state index in [0.29, 0.717) is 11.8 Å². The Bertz CT molecular complexity index is 532. The maximum Gasteiger partial charge on any atom is 0.130 e. The van der Waals surface area contributed by atoms with E-state index in [-0.39, 0.29) is 0 Å². The Kier molecular flexibility index (Phi) is 4.20. The highest BCUT2D eigenvalue weighted by Gasteiger charge is 2.11. The zero-order chi connectivity index (χ0) is 13.8. The summed E-state index contributed by atoms with van der Waals surface area (Å²) in [6.45, 7) is 8.81. The molecule has 2 rings (SSSR count). The van der Waals surface area contributed by atoms with Crippen LogP contribution in [0.3, 0.4) is 0 Å². The van der Waals surface area contributed by atoms with E-state index in [9.17, 15) is 0 Å². The van der Waals surface area contributed by atoms with E-state index in [2.05, 4.69) is 50.9 Å². The van der Waals surface area contributed by atoms with Gasteiger partial charge in [0.1, 0.15) is 11.5 Å². The smallest absolute Gasteiger partial charge is 0.130 e. The summed E-state index contributed by atoms with van der Waals surface area (Å²) in [6.07, 6.45) is 3.49. The molecule has 0 amide bonds. The zero-order valence-corrected chi connectivity index (χ0v) is 12.1. The van der Waals surface area contributed by atoms with Gasteiger partial charge in [-0.1, -0.05) is 39.8 Å². The molecule has 2 nitrogen and oxygen atoms in total. The van der Waals surface area contributed by atoms with E-state index in [1.807, 2.05) is 12.1 Å². The molecule has 0 saturated carbocycles. The molecule has 0 radical (unpaired) electrons. The molecule has 0 atom stereocenters. The van der Waals surface area contributed by atoms with Crippen molar-refractivity contribution in [3.63, 3.8) is 0 Å². The molecule has 0 saturated heterocycles. The predicted octanol–water partition coefficient (Wildman–Crippen LogP) is 5.12. The van der Waals surface area contributed by atoms with Crippen LogP contribution in [0.5, 0.6) is 11.5 Å². The molecular weight excluding hydrogens is 234 g/mol. The first-order valence-corrected chi connectivity index (χ1v) is 6.79. The van der Waals surface area contributed by atoms with Crippen molar-refractivity contribution < 1.29 is 4.74 Å². The topological polar surface area (TPSA) is 22.1 Å². The summed E-state index contributed by atoms with van der Waals surface area (Å²) in [5.74, 6) is 2.74. The van der Waals surface area contributed by atoms with Gasteiger partial charge in [-0.15, -0.1) is 0 Å². The van der Waals surface area contributed by atoms with Gasteiger partial charge in [-0.25, -0.2) is 0 Å². The molecule has 2 aromatic rings. The lowest BCUT2D eigenvalue weighted by Gasteiger charge is -2.16. The van der Waals surface area contributed by atoms with E-state index in [1.54, 1.807) is 12.4 Å². The maximum absolute atomic E-state index is 5.97. The third-order valence-electron chi connectivity index (χ3n) is 3.20. The second kappa shape index (κ2) is 5.87. The minimum atomic E-state index is 0.440. The second-order valence-corrected chi connectivity index (χ2v) is 5.39. The van der Waals surface area contributed by atoms with E-state index in [1.165, 1.54) is 11.1 Å². The average Bonchev–Trinajstić information content (AvgIpc) is 2.39. The van der Waals surface area contributed by atoms with Crippen LogP contribution in [-0.4, -0.2) is 4.98 Å². The molecule has 2 heteroatoms. The highest BCUT2D eigenvalue weighted by Crippen LogP contribution is 2.32. The van der Waals surface area contributed by atoms with E-state index < -0.39 is 0 Å². The molecule has 19 heavy (non-hydrogen) atoms. The minimum absolute atomic E-state index is 0.440. The fourth-order valence-corrected chi connectivity index (χ4v) is 2.00. The van der Waals surface area contributed by atoms with Crippen molar-refractivity contribution in [3.8, 4) is 11.5 Å². The van der Waals surface area contributed by atoms with Crippen LogP contribution >= 0.6 is 0 Å². The predicted molar refractivity (Wildman–Crippen MR) is 78.9 cm³/mol. The number of benzene rings is 1. The summed E-state index contributed by atoms with van der Waals surface area (Å²) < 4.78 is 5.97. The summed E-state index contributed by atoms with van der Waals surface area (Å²) in [6, 6.07) is 10.2. The van der Waals surface area contributed by atoms with Gasteiger partial charge in [-0.2, -0.15) is 0 Å². The first-order valence-electron chi connectivity index (χ1n) is 6.79. The number of ether oxygens (including phenoxy) is 1. The Labute approximate surface area is 115 Å². The molecule has 100 valence electrons. The SMILES string of the molecule is CC(C)c1ccc(Oc2ccncc2)c(C(C)C)c1. The normalized spacial score (nSPS) is 11.1. The Morgan fingerprint density at radius 1 is 0.895 bits per heavy atom. The van der Waals surface area contributed by atoms with Crippen LogP contribution in [0.1, 0.15) is 50.7 Å². The number of pyridine rings is 1. The number of nitrogens with zero attached hydrogens (tertiary/aromatic N) is 1. The molecule has 0 N–H and O–H groups in total. The monoisotopic (exact) mass is 255 g/mol. The van der Waals surface area contributed by atoms with Crippen molar-refractivity contribution in [2.45, 2.75) is 39.5 Å². The van der Waals surface area contributed by atoms with E-state index in [4.69, 9.17) is 4.74 Å². The van der Waals surface area contributed by atoms with Crippen LogP contribution < -0.4 is 4.74 Å². The van der Waals surface area contributed by atoms with Crippen LogP contribution in [0.25, 0.3) is 0 Å². The summed E-state index contributed by atoms with van der Waals surface area (Å²) >= 11 is 0. The third-order valence-corrected chi connectivity index (χ3v) is 3.20. The lowest BCUT2D eigenvalue weighted by molar-refractivity contribution is 0.472. The van der Waals surface area contributed by atoms with Gasteiger partial charge >= 0.3 is 0 Å². The van der Waals surface area contributed by atoms with E-state index in [0.717, 1.165) is 11.5 Å². The lowest BCUT2D eigenvalue weighted by Crippen LogP contribution is -1.97. The van der Waals surface area contributed by atoms with Gasteiger partial charge in [0, 0.05) is 12.4 Å². The van der Waals surface area contributed by atoms with Gasteiger partial charge in [-0.3, -0.25) is 4.98 Å². The van der Waals surface area contributed by atoms with Gasteiger partial charge in [0.15, 0.2) is 0 Å². The molecule has 1 aromatic carbocycles. The molecule has 0 bridgehead atoms. The molecule has 0 aliphatic carbocycles. The highest BCUT2D eigenvalue weighted by molar-refractivity contribution is 5.42. The Morgan fingerprint density at radius 2 is 1.58 bits per heavy atom. The van der Waals surface area contributed by atoms with Gasteiger partial charge in [-0.05, 0) is 41.2 Å². The van der Waals surface area contributed by atoms with Gasteiger partial charge in [0.2, 0.25) is 0 Å². The van der Waals surface area contributed by atoms with Crippen molar-refractivity contribution in [3.05, 3.63) is 53.9 Å². The fourth-order valence-electron chi connectivity index (χ4n) is 2.00. The number of rotatable bonds is 4. The molecule has 0 fully saturated rings. The molecule has 0 spiro atoms. The van der Waals surface area contributed by atoms with Crippen molar-refractivity contribution >= 4 is 0 Å². The zero-order valence-electron chi connectivity index (χ0n) is 12.1. The van der Waals surface area contributed by atoms with Crippen LogP contribution in [-0.2, 0) is 0 Å². The number of hydrogen-bond donors (Lipinski definition) is 0. The first-order chi connectivity index (χ1) is 9.08. The summed E-state index contributed by atoms with van der Waals surface area (Å²) in [5.41, 5.74) is 2.61. The minimum Gasteiger partial charge on any atom is -0.457 e. The number of hydrogen-bond acceptors (Lipinski definition) is 2. The second-order valence-electron chi connectivity index (χ2n) is 5.39. The van der Waals surface area contributed by atoms with Crippen LogP contribution in [0, 0.1) is 0 Å². The van der Waals surface area contributed by atoms with Gasteiger partial charge in [0.25, 0.3) is 0 Å². The Balaban J connectivity index is 2.34. The summed E-state index contributed by atoms with van der Waals surface area (Å²) in [4.78, 5) is 4.00. The van der Waals surface area contributed by atoms with Crippen LogP contribution in [0.15, 0.2) is 42.7 Å².